The highest BCUT2D eigenvalue weighted by Gasteiger charge is 2.51. The van der Waals surface area contributed by atoms with Crippen LogP contribution >= 0.6 is 0 Å². The second kappa shape index (κ2) is 7.46. The molecule has 0 unspecified atom stereocenters. The molecule has 152 valence electrons. The second-order valence-electron chi connectivity index (χ2n) is 8.05. The Kier molecular flexibility index (Phi) is 4.98. The van der Waals surface area contributed by atoms with E-state index >= 15 is 0 Å². The van der Waals surface area contributed by atoms with Crippen molar-refractivity contribution < 1.29 is 14.4 Å². The van der Waals surface area contributed by atoms with E-state index in [9.17, 15) is 14.4 Å². The number of pyridine rings is 1. The number of carbonyl (C=O) groups excluding carboxylic acids is 3. The summed E-state index contributed by atoms with van der Waals surface area (Å²) >= 11 is 0. The Bertz CT molecular complexity index is 956. The lowest BCUT2D eigenvalue weighted by Gasteiger charge is -2.24. The summed E-state index contributed by atoms with van der Waals surface area (Å²) in [6.45, 7) is 3.53. The number of hydrogen-bond donors (Lipinski definition) is 1. The highest BCUT2D eigenvalue weighted by atomic mass is 16.2. The Morgan fingerprint density at radius 1 is 1.14 bits per heavy atom. The standard InChI is InChI=1S/C22H26N4O3/c1-15-13-17(16(2)26(15)19-9-5-8-12-23-19)18(27)14-25-20(28)22(24-21(25)29)10-6-3-4-7-11-22/h5,8-9,12-13H,3-4,6-7,10-11,14H2,1-2H3,(H,24,29). The molecule has 1 saturated carbocycles. The van der Waals surface area contributed by atoms with E-state index in [1.165, 1.54) is 0 Å². The van der Waals surface area contributed by atoms with E-state index in [1.54, 1.807) is 12.3 Å². The molecule has 1 aliphatic heterocycles. The number of urea groups is 1. The monoisotopic (exact) mass is 394 g/mol. The van der Waals surface area contributed by atoms with Gasteiger partial charge in [0, 0.05) is 23.1 Å². The highest BCUT2D eigenvalue weighted by Crippen LogP contribution is 2.33. The molecule has 0 radical (unpaired) electrons. The normalized spacial score (nSPS) is 18.8. The van der Waals surface area contributed by atoms with Crippen LogP contribution in [0.5, 0.6) is 0 Å². The number of ketones is 1. The van der Waals surface area contributed by atoms with Gasteiger partial charge in [-0.25, -0.2) is 9.78 Å². The number of amides is 3. The van der Waals surface area contributed by atoms with Gasteiger partial charge in [0.05, 0.1) is 6.54 Å². The van der Waals surface area contributed by atoms with Crippen LogP contribution in [0.4, 0.5) is 4.79 Å². The average molecular weight is 394 g/mol. The molecule has 1 N–H and O–H groups in total. The summed E-state index contributed by atoms with van der Waals surface area (Å²) in [7, 11) is 0. The number of hydrogen-bond acceptors (Lipinski definition) is 4. The van der Waals surface area contributed by atoms with Crippen LogP contribution in [0.1, 0.15) is 60.3 Å². The van der Waals surface area contributed by atoms with E-state index < -0.39 is 11.6 Å². The Morgan fingerprint density at radius 2 is 1.86 bits per heavy atom. The van der Waals surface area contributed by atoms with Crippen LogP contribution in [0.3, 0.4) is 0 Å². The third-order valence-corrected chi connectivity index (χ3v) is 6.11. The number of Topliss-reactive ketones (excluding diaryl/α,β-unsaturated/α-hetero) is 1. The number of aryl methyl sites for hydroxylation is 1. The quantitative estimate of drug-likeness (QED) is 0.637. The van der Waals surface area contributed by atoms with Crippen molar-refractivity contribution in [2.24, 2.45) is 0 Å². The molecule has 29 heavy (non-hydrogen) atoms. The van der Waals surface area contributed by atoms with E-state index in [-0.39, 0.29) is 18.2 Å². The van der Waals surface area contributed by atoms with Gasteiger partial charge >= 0.3 is 6.03 Å². The van der Waals surface area contributed by atoms with Crippen molar-refractivity contribution in [3.63, 3.8) is 0 Å². The van der Waals surface area contributed by atoms with Gasteiger partial charge in [-0.2, -0.15) is 0 Å². The summed E-state index contributed by atoms with van der Waals surface area (Å²) in [4.78, 5) is 44.1. The Hall–Kier alpha value is -2.96. The predicted octanol–water partition coefficient (Wildman–Crippen LogP) is 3.32. The lowest BCUT2D eigenvalue weighted by Crippen LogP contribution is -2.46. The number of imide groups is 1. The molecule has 2 fully saturated rings. The molecule has 1 aliphatic carbocycles. The summed E-state index contributed by atoms with van der Waals surface area (Å²) in [5.74, 6) is 0.236. The average Bonchev–Trinajstić information content (AvgIpc) is 2.99. The molecule has 2 aliphatic rings. The zero-order valence-electron chi connectivity index (χ0n) is 16.9. The van der Waals surface area contributed by atoms with Gasteiger partial charge in [0.25, 0.3) is 5.91 Å². The van der Waals surface area contributed by atoms with Crippen LogP contribution < -0.4 is 5.32 Å². The van der Waals surface area contributed by atoms with E-state index in [1.807, 2.05) is 36.6 Å². The van der Waals surface area contributed by atoms with Crippen LogP contribution in [0.2, 0.25) is 0 Å². The number of nitrogens with zero attached hydrogens (tertiary/aromatic N) is 3. The summed E-state index contributed by atoms with van der Waals surface area (Å²) in [6.07, 6.45) is 6.98. The fourth-order valence-corrected chi connectivity index (χ4v) is 4.60. The van der Waals surface area contributed by atoms with Crippen molar-refractivity contribution >= 4 is 17.7 Å². The Balaban J connectivity index is 1.57. The number of nitrogens with one attached hydrogen (secondary N) is 1. The van der Waals surface area contributed by atoms with Gasteiger partial charge in [-0.05, 0) is 44.9 Å². The van der Waals surface area contributed by atoms with Crippen LogP contribution in [-0.4, -0.2) is 44.3 Å². The molecule has 3 amide bonds. The molecule has 4 rings (SSSR count). The highest BCUT2D eigenvalue weighted by molar-refractivity contribution is 6.11. The second-order valence-corrected chi connectivity index (χ2v) is 8.05. The number of rotatable bonds is 4. The maximum absolute atomic E-state index is 13.1. The molecule has 7 nitrogen and oxygen atoms in total. The van der Waals surface area contributed by atoms with Crippen molar-refractivity contribution in [3.05, 3.63) is 47.4 Å². The first-order chi connectivity index (χ1) is 13.9. The first kappa shape index (κ1) is 19.4. The van der Waals surface area contributed by atoms with E-state index in [2.05, 4.69) is 10.3 Å². The van der Waals surface area contributed by atoms with Gasteiger partial charge < -0.3 is 9.88 Å². The van der Waals surface area contributed by atoms with Crippen molar-refractivity contribution in [1.29, 1.82) is 0 Å². The summed E-state index contributed by atoms with van der Waals surface area (Å²) in [5, 5.41) is 2.89. The molecule has 0 atom stereocenters. The minimum atomic E-state index is -0.821. The zero-order chi connectivity index (χ0) is 20.6. The maximum Gasteiger partial charge on any atom is 0.325 e. The summed E-state index contributed by atoms with van der Waals surface area (Å²) < 4.78 is 1.91. The largest absolute Gasteiger partial charge is 0.325 e. The topological polar surface area (TPSA) is 84.3 Å². The molecule has 3 heterocycles. The molecular formula is C22H26N4O3. The van der Waals surface area contributed by atoms with Crippen molar-refractivity contribution in [2.75, 3.05) is 6.54 Å². The van der Waals surface area contributed by atoms with E-state index in [4.69, 9.17) is 0 Å². The van der Waals surface area contributed by atoms with Crippen molar-refractivity contribution in [1.82, 2.24) is 19.8 Å². The molecular weight excluding hydrogens is 368 g/mol. The third-order valence-electron chi connectivity index (χ3n) is 6.11. The van der Waals surface area contributed by atoms with E-state index in [0.717, 1.165) is 47.8 Å². The van der Waals surface area contributed by atoms with Gasteiger partial charge in [-0.15, -0.1) is 0 Å². The first-order valence-electron chi connectivity index (χ1n) is 10.2. The Labute approximate surface area is 170 Å². The van der Waals surface area contributed by atoms with Crippen LogP contribution in [0.25, 0.3) is 5.82 Å². The SMILES string of the molecule is Cc1cc(C(=O)CN2C(=O)NC3(CCCCCC3)C2=O)c(C)n1-c1ccccn1. The molecule has 1 spiro atoms. The maximum atomic E-state index is 13.1. The lowest BCUT2D eigenvalue weighted by molar-refractivity contribution is -0.131. The summed E-state index contributed by atoms with van der Waals surface area (Å²) in [6, 6.07) is 6.95. The van der Waals surface area contributed by atoms with Crippen molar-refractivity contribution in [2.45, 2.75) is 57.9 Å². The van der Waals surface area contributed by atoms with E-state index in [0.29, 0.717) is 18.4 Å². The van der Waals surface area contributed by atoms with Crippen LogP contribution in [0, 0.1) is 13.8 Å². The lowest BCUT2D eigenvalue weighted by atomic mass is 9.90. The smallest absolute Gasteiger partial charge is 0.323 e. The molecule has 0 bridgehead atoms. The third kappa shape index (κ3) is 3.34. The van der Waals surface area contributed by atoms with Crippen molar-refractivity contribution in [3.8, 4) is 5.82 Å². The van der Waals surface area contributed by atoms with Gasteiger partial charge in [-0.3, -0.25) is 14.5 Å². The minimum Gasteiger partial charge on any atom is -0.323 e. The van der Waals surface area contributed by atoms with Gasteiger partial charge in [-0.1, -0.05) is 31.7 Å². The fourth-order valence-electron chi connectivity index (χ4n) is 4.60. The molecule has 2 aromatic rings. The predicted molar refractivity (Wildman–Crippen MR) is 108 cm³/mol. The molecule has 0 aromatic carbocycles. The van der Waals surface area contributed by atoms with Gasteiger partial charge in [0.1, 0.15) is 11.4 Å². The fraction of sp³-hybridized carbons (Fsp3) is 0.455. The van der Waals surface area contributed by atoms with Crippen LogP contribution in [-0.2, 0) is 4.79 Å². The molecule has 2 aromatic heterocycles. The summed E-state index contributed by atoms with van der Waals surface area (Å²) in [5.41, 5.74) is 1.32. The van der Waals surface area contributed by atoms with Crippen LogP contribution in [0.15, 0.2) is 30.5 Å². The number of carbonyl (C=O) groups is 3. The molecule has 7 heteroatoms. The Morgan fingerprint density at radius 3 is 2.52 bits per heavy atom. The zero-order valence-corrected chi connectivity index (χ0v) is 16.9. The van der Waals surface area contributed by atoms with Gasteiger partial charge in [0.15, 0.2) is 5.78 Å². The van der Waals surface area contributed by atoms with Gasteiger partial charge in [0.2, 0.25) is 0 Å². The first-order valence-corrected chi connectivity index (χ1v) is 10.2. The number of aromatic nitrogens is 2. The minimum absolute atomic E-state index is 0.237. The molecule has 1 saturated heterocycles.